The van der Waals surface area contributed by atoms with Crippen molar-refractivity contribution in [2.45, 2.75) is 83.6 Å². The number of hydrogen-bond acceptors (Lipinski definition) is 5. The van der Waals surface area contributed by atoms with Crippen LogP contribution in [0.1, 0.15) is 89.2 Å². The van der Waals surface area contributed by atoms with Gasteiger partial charge in [0, 0.05) is 30.3 Å². The number of fused-ring (bicyclic) bond motifs is 1. The Morgan fingerprint density at radius 1 is 0.951 bits per heavy atom. The molecule has 0 saturated heterocycles. The van der Waals surface area contributed by atoms with Gasteiger partial charge >= 0.3 is 5.69 Å². The minimum absolute atomic E-state index is 0.0677. The van der Waals surface area contributed by atoms with E-state index in [0.717, 1.165) is 69.9 Å². The molecule has 0 atom stereocenters. The molecule has 9 nitrogen and oxygen atoms in total. The van der Waals surface area contributed by atoms with Gasteiger partial charge in [-0.25, -0.2) is 9.78 Å². The predicted molar refractivity (Wildman–Crippen MR) is 164 cm³/mol. The van der Waals surface area contributed by atoms with Crippen LogP contribution in [-0.4, -0.2) is 45.1 Å². The molecule has 5 rings (SSSR count). The number of aromatic amines is 2. The molecule has 4 N–H and O–H groups in total. The van der Waals surface area contributed by atoms with Crippen LogP contribution in [-0.2, 0) is 4.79 Å². The monoisotopic (exact) mass is 560 g/mol. The lowest BCUT2D eigenvalue weighted by Crippen LogP contribution is -2.44. The molecule has 0 aliphatic heterocycles. The van der Waals surface area contributed by atoms with E-state index in [2.05, 4.69) is 39.1 Å². The minimum atomic E-state index is -0.357. The number of hydrogen-bond donors (Lipinski definition) is 4. The summed E-state index contributed by atoms with van der Waals surface area (Å²) >= 11 is 0. The fourth-order valence-electron chi connectivity index (χ4n) is 6.79. The molecule has 0 unspecified atom stereocenters. The summed E-state index contributed by atoms with van der Waals surface area (Å²) in [6.45, 7) is 8.23. The van der Waals surface area contributed by atoms with Crippen molar-refractivity contribution in [2.24, 2.45) is 11.8 Å². The van der Waals surface area contributed by atoms with E-state index in [1.807, 2.05) is 24.3 Å². The summed E-state index contributed by atoms with van der Waals surface area (Å²) in [5.74, 6) is 1.01. The first kappa shape index (κ1) is 29.0. The molecule has 2 saturated carbocycles. The molecule has 3 aromatic rings. The Labute approximate surface area is 241 Å². The second-order valence-electron chi connectivity index (χ2n) is 11.8. The lowest BCUT2D eigenvalue weighted by atomic mass is 9.73. The Kier molecular flexibility index (Phi) is 9.54. The zero-order chi connectivity index (χ0) is 28.8. The third-order valence-corrected chi connectivity index (χ3v) is 8.94. The molecular weight excluding hydrogens is 516 g/mol. The van der Waals surface area contributed by atoms with Crippen LogP contribution in [0.5, 0.6) is 0 Å². The maximum atomic E-state index is 13.9. The first-order valence-electron chi connectivity index (χ1n) is 15.5. The lowest BCUT2D eigenvalue weighted by Gasteiger charge is -2.38. The van der Waals surface area contributed by atoms with Crippen LogP contribution in [0.2, 0.25) is 0 Å². The summed E-state index contributed by atoms with van der Waals surface area (Å²) in [5, 5.41) is 6.14. The van der Waals surface area contributed by atoms with Crippen molar-refractivity contribution >= 4 is 22.6 Å². The maximum absolute atomic E-state index is 13.9. The minimum Gasteiger partial charge on any atom is -0.351 e. The highest BCUT2D eigenvalue weighted by atomic mass is 16.2. The molecule has 0 spiro atoms. The fraction of sp³-hybridized carbons (Fsp3) is 0.562. The zero-order valence-corrected chi connectivity index (χ0v) is 24.3. The number of amides is 1. The number of benzene rings is 1. The van der Waals surface area contributed by atoms with Gasteiger partial charge in [-0.1, -0.05) is 76.3 Å². The molecule has 9 heteroatoms. The summed E-state index contributed by atoms with van der Waals surface area (Å²) in [4.78, 5) is 50.5. The van der Waals surface area contributed by atoms with Gasteiger partial charge in [0.2, 0.25) is 0 Å². The van der Waals surface area contributed by atoms with Crippen LogP contribution in [0.15, 0.2) is 40.4 Å². The molecule has 2 heterocycles. The Morgan fingerprint density at radius 3 is 2.20 bits per heavy atom. The number of carbonyl (C=O) groups is 1. The molecule has 1 amide bonds. The Morgan fingerprint density at radius 2 is 1.59 bits per heavy atom. The highest BCUT2D eigenvalue weighted by Crippen LogP contribution is 2.42. The van der Waals surface area contributed by atoms with Gasteiger partial charge in [-0.15, -0.1) is 0 Å². The highest BCUT2D eigenvalue weighted by Gasteiger charge is 2.35. The van der Waals surface area contributed by atoms with E-state index < -0.39 is 0 Å². The van der Waals surface area contributed by atoms with Gasteiger partial charge in [-0.3, -0.25) is 19.1 Å². The molecule has 0 bridgehead atoms. The van der Waals surface area contributed by atoms with Crippen molar-refractivity contribution < 1.29 is 4.79 Å². The van der Waals surface area contributed by atoms with Crippen LogP contribution >= 0.6 is 0 Å². The molecule has 2 aliphatic rings. The molecular formula is C32H44N6O3. The molecule has 1 aromatic carbocycles. The van der Waals surface area contributed by atoms with Crippen molar-refractivity contribution in [2.75, 3.05) is 19.6 Å². The number of imidazole rings is 1. The standard InChI is InChI=1S/C32H44N6O3/c1-3-18-33-19-20-34-30(39)21(2)22-14-16-25(17-15-22)28-35-26-29(36-28)37-32(41)38(31(26)40)27(23-10-6-4-7-11-23)24-12-8-5-9-13-24/h14-17,23-24,27,33H,2-13,18-20H2,1H3,(H,34,39)(H,35,36)(H,37,41). The number of carbonyl (C=O) groups excluding carboxylic acids is 1. The van der Waals surface area contributed by atoms with Gasteiger partial charge in [0.1, 0.15) is 11.3 Å². The van der Waals surface area contributed by atoms with Gasteiger partial charge in [-0.2, -0.15) is 0 Å². The van der Waals surface area contributed by atoms with Crippen LogP contribution in [0.3, 0.4) is 0 Å². The largest absolute Gasteiger partial charge is 0.351 e. The molecule has 2 fully saturated rings. The third kappa shape index (κ3) is 6.56. The second kappa shape index (κ2) is 13.5. The van der Waals surface area contributed by atoms with Gasteiger partial charge in [0.25, 0.3) is 11.5 Å². The third-order valence-electron chi connectivity index (χ3n) is 8.94. The molecule has 0 radical (unpaired) electrons. The summed E-state index contributed by atoms with van der Waals surface area (Å²) in [6.07, 6.45) is 12.5. The Balaban J connectivity index is 1.38. The SMILES string of the molecule is C=C(C(=O)NCCNCCC)c1ccc(-c2nc3[nH]c(=O)n(C(C4CCCCC4)C4CCCCC4)c(=O)c3[nH]2)cc1. The van der Waals surface area contributed by atoms with Gasteiger partial charge in [0.15, 0.2) is 5.65 Å². The Hall–Kier alpha value is -3.46. The average Bonchev–Trinajstić information content (AvgIpc) is 3.44. The van der Waals surface area contributed by atoms with Crippen LogP contribution < -0.4 is 21.9 Å². The predicted octanol–water partition coefficient (Wildman–Crippen LogP) is 4.91. The fourth-order valence-corrected chi connectivity index (χ4v) is 6.79. The normalized spacial score (nSPS) is 16.8. The molecule has 2 aromatic heterocycles. The molecule has 2 aliphatic carbocycles. The average molecular weight is 561 g/mol. The number of nitrogens with one attached hydrogen (secondary N) is 4. The van der Waals surface area contributed by atoms with E-state index in [0.29, 0.717) is 47.4 Å². The second-order valence-corrected chi connectivity index (χ2v) is 11.8. The first-order chi connectivity index (χ1) is 20.0. The van der Waals surface area contributed by atoms with Gasteiger partial charge in [0.05, 0.1) is 0 Å². The van der Waals surface area contributed by atoms with Crippen molar-refractivity contribution in [1.29, 1.82) is 0 Å². The zero-order valence-electron chi connectivity index (χ0n) is 24.3. The highest BCUT2D eigenvalue weighted by molar-refractivity contribution is 6.18. The van der Waals surface area contributed by atoms with E-state index >= 15 is 0 Å². The number of rotatable bonds is 11. The quantitative estimate of drug-likeness (QED) is 0.196. The maximum Gasteiger partial charge on any atom is 0.330 e. The van der Waals surface area contributed by atoms with Crippen molar-refractivity contribution in [3.8, 4) is 11.4 Å². The van der Waals surface area contributed by atoms with Gasteiger partial charge in [-0.05, 0) is 56.0 Å². The number of aromatic nitrogens is 4. The van der Waals surface area contributed by atoms with E-state index in [-0.39, 0.29) is 28.8 Å². The first-order valence-corrected chi connectivity index (χ1v) is 15.5. The lowest BCUT2D eigenvalue weighted by molar-refractivity contribution is -0.115. The van der Waals surface area contributed by atoms with Crippen LogP contribution in [0.4, 0.5) is 0 Å². The van der Waals surface area contributed by atoms with Crippen molar-refractivity contribution in [3.05, 3.63) is 57.2 Å². The summed E-state index contributed by atoms with van der Waals surface area (Å²) < 4.78 is 1.53. The molecule has 220 valence electrons. The summed E-state index contributed by atoms with van der Waals surface area (Å²) in [7, 11) is 0. The van der Waals surface area contributed by atoms with Gasteiger partial charge < -0.3 is 15.6 Å². The van der Waals surface area contributed by atoms with Crippen LogP contribution in [0.25, 0.3) is 28.1 Å². The smallest absolute Gasteiger partial charge is 0.330 e. The van der Waals surface area contributed by atoms with E-state index in [4.69, 9.17) is 0 Å². The summed E-state index contributed by atoms with van der Waals surface area (Å²) in [5.41, 5.74) is 1.83. The van der Waals surface area contributed by atoms with E-state index in [1.54, 1.807) is 0 Å². The topological polar surface area (TPSA) is 125 Å². The van der Waals surface area contributed by atoms with Crippen LogP contribution in [0, 0.1) is 11.8 Å². The van der Waals surface area contributed by atoms with E-state index in [9.17, 15) is 14.4 Å². The Bertz CT molecular complexity index is 1440. The number of nitrogens with zero attached hydrogens (tertiary/aromatic N) is 2. The van der Waals surface area contributed by atoms with E-state index in [1.165, 1.54) is 17.4 Å². The number of H-pyrrole nitrogens is 2. The van der Waals surface area contributed by atoms with Crippen molar-refractivity contribution in [3.63, 3.8) is 0 Å². The molecule has 41 heavy (non-hydrogen) atoms. The van der Waals surface area contributed by atoms with Crippen molar-refractivity contribution in [1.82, 2.24) is 30.2 Å². The summed E-state index contributed by atoms with van der Waals surface area (Å²) in [6, 6.07) is 7.27.